The lowest BCUT2D eigenvalue weighted by Crippen LogP contribution is -2.51. The minimum absolute atomic E-state index is 0.0633. The fourth-order valence-electron chi connectivity index (χ4n) is 5.64. The summed E-state index contributed by atoms with van der Waals surface area (Å²) in [5.74, 6) is -1.90. The van der Waals surface area contributed by atoms with Crippen molar-refractivity contribution in [2.24, 2.45) is 5.92 Å². The number of anilines is 3. The van der Waals surface area contributed by atoms with Crippen molar-refractivity contribution in [2.75, 3.05) is 35.2 Å². The lowest BCUT2D eigenvalue weighted by Gasteiger charge is -2.39. The molecule has 1 fully saturated rings. The van der Waals surface area contributed by atoms with Crippen molar-refractivity contribution in [1.82, 2.24) is 15.3 Å². The summed E-state index contributed by atoms with van der Waals surface area (Å²) in [6.45, 7) is 13.9. The van der Waals surface area contributed by atoms with Crippen molar-refractivity contribution in [3.8, 4) is 16.5 Å². The third-order valence-corrected chi connectivity index (χ3v) is 8.27. The lowest BCUT2D eigenvalue weighted by atomic mass is 9.94. The molecule has 5 rings (SSSR count). The summed E-state index contributed by atoms with van der Waals surface area (Å²) in [4.78, 5) is 50.1. The third-order valence-electron chi connectivity index (χ3n) is 7.28. The molecule has 48 heavy (non-hydrogen) atoms. The van der Waals surface area contributed by atoms with Gasteiger partial charge in [-0.1, -0.05) is 24.3 Å². The van der Waals surface area contributed by atoms with Crippen molar-refractivity contribution in [1.29, 1.82) is 0 Å². The van der Waals surface area contributed by atoms with Crippen LogP contribution in [0.15, 0.2) is 24.4 Å². The number of nitrogens with zero attached hydrogens (tertiary/aromatic N) is 3. The van der Waals surface area contributed by atoms with Gasteiger partial charge in [0, 0.05) is 31.1 Å². The third kappa shape index (κ3) is 8.30. The second-order valence-corrected chi connectivity index (χ2v) is 14.9. The molecule has 3 N–H and O–H groups in total. The first-order chi connectivity index (χ1) is 22.5. The first-order valence-corrected chi connectivity index (χ1v) is 16.4. The molecule has 4 heterocycles. The summed E-state index contributed by atoms with van der Waals surface area (Å²) in [6, 6.07) is 3.13. The number of nitrogens with one attached hydrogen (secondary N) is 3. The predicted molar refractivity (Wildman–Crippen MR) is 178 cm³/mol. The minimum atomic E-state index is -0.876. The highest BCUT2D eigenvalue weighted by molar-refractivity contribution is 7.19. The summed E-state index contributed by atoms with van der Waals surface area (Å²) < 4.78 is 46.1. The van der Waals surface area contributed by atoms with Gasteiger partial charge in [-0.3, -0.25) is 10.1 Å². The summed E-state index contributed by atoms with van der Waals surface area (Å²) in [7, 11) is 0. The molecule has 0 unspecified atom stereocenters. The number of hydrogen-bond donors (Lipinski definition) is 3. The van der Waals surface area contributed by atoms with Gasteiger partial charge in [-0.15, -0.1) is 0 Å². The van der Waals surface area contributed by atoms with Crippen LogP contribution in [0.25, 0.3) is 10.6 Å². The molecular weight excluding hydrogens is 646 g/mol. The molecule has 1 saturated heterocycles. The van der Waals surface area contributed by atoms with Crippen molar-refractivity contribution in [2.45, 2.75) is 78.6 Å². The highest BCUT2D eigenvalue weighted by atomic mass is 32.1. The van der Waals surface area contributed by atoms with Crippen molar-refractivity contribution >= 4 is 45.8 Å². The van der Waals surface area contributed by atoms with Crippen LogP contribution < -0.4 is 25.6 Å². The molecule has 258 valence electrons. The zero-order valence-corrected chi connectivity index (χ0v) is 28.8. The first-order valence-electron chi connectivity index (χ1n) is 15.6. The Morgan fingerprint density at radius 2 is 1.67 bits per heavy atom. The molecule has 3 amide bonds. The van der Waals surface area contributed by atoms with E-state index in [2.05, 4.69) is 37.7 Å². The molecule has 15 heteroatoms. The Bertz CT molecular complexity index is 1700. The molecule has 2 aliphatic heterocycles. The number of halogens is 2. The van der Waals surface area contributed by atoms with E-state index < -0.39 is 46.5 Å². The average molecular weight is 687 g/mol. The van der Waals surface area contributed by atoms with Gasteiger partial charge in [0.15, 0.2) is 5.69 Å². The van der Waals surface area contributed by atoms with Crippen molar-refractivity contribution in [3.05, 3.63) is 47.3 Å². The number of carbonyl (C=O) groups excluding carboxylic acids is 3. The number of thiazole rings is 1. The van der Waals surface area contributed by atoms with Gasteiger partial charge in [-0.25, -0.2) is 28.3 Å². The van der Waals surface area contributed by atoms with E-state index in [-0.39, 0.29) is 27.7 Å². The van der Waals surface area contributed by atoms with Gasteiger partial charge in [0.25, 0.3) is 5.91 Å². The van der Waals surface area contributed by atoms with E-state index in [4.69, 9.17) is 14.2 Å². The van der Waals surface area contributed by atoms with Crippen LogP contribution in [0.1, 0.15) is 70.9 Å². The number of hydrogen-bond acceptors (Lipinski definition) is 10. The number of amides is 3. The molecular formula is C33H40F2N6O6S. The SMILES string of the molecule is C[C@@H]1C[C@H](NC(=O)OC(C)(C)C)CN(c2c(NC(=O)c3nc(-c4c(F)cccc4F)sc3NC(=O)OC(C)(C)C)cnc3c2CCO3)C1. The predicted octanol–water partition coefficient (Wildman–Crippen LogP) is 6.76. The smallest absolute Gasteiger partial charge is 0.412 e. The highest BCUT2D eigenvalue weighted by Crippen LogP contribution is 2.41. The minimum Gasteiger partial charge on any atom is -0.477 e. The van der Waals surface area contributed by atoms with Gasteiger partial charge < -0.3 is 29.7 Å². The van der Waals surface area contributed by atoms with Crippen molar-refractivity contribution in [3.63, 3.8) is 0 Å². The Balaban J connectivity index is 1.48. The number of alkyl carbamates (subject to hydrolysis) is 1. The Morgan fingerprint density at radius 3 is 2.33 bits per heavy atom. The van der Waals surface area contributed by atoms with E-state index in [1.54, 1.807) is 41.5 Å². The van der Waals surface area contributed by atoms with Crippen molar-refractivity contribution < 1.29 is 37.4 Å². The van der Waals surface area contributed by atoms with Crippen LogP contribution in [-0.4, -0.2) is 65.0 Å². The maximum atomic E-state index is 14.8. The molecule has 0 bridgehead atoms. The van der Waals surface area contributed by atoms with E-state index in [0.29, 0.717) is 43.4 Å². The van der Waals surface area contributed by atoms with E-state index in [1.165, 1.54) is 12.3 Å². The van der Waals surface area contributed by atoms with Crippen LogP contribution in [0.4, 0.5) is 34.7 Å². The average Bonchev–Trinajstić information content (AvgIpc) is 3.57. The van der Waals surface area contributed by atoms with Crippen LogP contribution >= 0.6 is 11.3 Å². The quantitative estimate of drug-likeness (QED) is 0.256. The molecule has 0 radical (unpaired) electrons. The number of aromatic nitrogens is 2. The monoisotopic (exact) mass is 686 g/mol. The zero-order valence-electron chi connectivity index (χ0n) is 28.0. The molecule has 0 spiro atoms. The summed E-state index contributed by atoms with van der Waals surface area (Å²) >= 11 is 0.735. The summed E-state index contributed by atoms with van der Waals surface area (Å²) in [5, 5.41) is 8.14. The van der Waals surface area contributed by atoms with E-state index >= 15 is 0 Å². The number of carbonyl (C=O) groups is 3. The second kappa shape index (κ2) is 13.5. The summed E-state index contributed by atoms with van der Waals surface area (Å²) in [5.41, 5.74) is -0.422. The standard InChI is InChI=1S/C33H40F2N6O6S/c1-17-13-18(37-30(43)46-32(2,3)4)16-41(15-17)25-19-11-12-45-27(19)36-14-22(25)38-26(42)24-29(40-31(44)47-33(5,6)7)48-28(39-24)23-20(34)9-8-10-21(23)35/h8-10,14,17-18H,11-13,15-16H2,1-7H3,(H,37,43)(H,38,42)(H,40,44)/t17-,18+/m1/s1. The van der Waals surface area contributed by atoms with Crippen LogP contribution in [0.3, 0.4) is 0 Å². The lowest BCUT2D eigenvalue weighted by molar-refractivity contribution is 0.0494. The van der Waals surface area contributed by atoms with Gasteiger partial charge in [-0.05, 0) is 66.0 Å². The number of benzene rings is 1. The maximum absolute atomic E-state index is 14.8. The van der Waals surface area contributed by atoms with Gasteiger partial charge in [0.1, 0.15) is 32.8 Å². The van der Waals surface area contributed by atoms with Gasteiger partial charge in [0.05, 0.1) is 29.7 Å². The zero-order chi connectivity index (χ0) is 35.0. The fourth-order valence-corrected chi connectivity index (χ4v) is 6.63. The molecule has 1 aromatic carbocycles. The van der Waals surface area contributed by atoms with Crippen LogP contribution in [0.5, 0.6) is 5.88 Å². The molecule has 3 aromatic rings. The number of fused-ring (bicyclic) bond motifs is 1. The number of pyridine rings is 1. The molecule has 2 atom stereocenters. The van der Waals surface area contributed by atoms with Crippen LogP contribution in [0.2, 0.25) is 0 Å². The molecule has 2 aromatic heterocycles. The Hall–Kier alpha value is -4.53. The number of piperidine rings is 1. The fraction of sp³-hybridized carbons (Fsp3) is 0.485. The van der Waals surface area contributed by atoms with Gasteiger partial charge in [-0.2, -0.15) is 0 Å². The Morgan fingerprint density at radius 1 is 1.00 bits per heavy atom. The highest BCUT2D eigenvalue weighted by Gasteiger charge is 2.34. The Kier molecular flexibility index (Phi) is 9.81. The number of ether oxygens (including phenoxy) is 3. The topological polar surface area (TPSA) is 144 Å². The number of rotatable bonds is 6. The van der Waals surface area contributed by atoms with Crippen LogP contribution in [-0.2, 0) is 15.9 Å². The summed E-state index contributed by atoms with van der Waals surface area (Å²) in [6.07, 6.45) is 1.33. The maximum Gasteiger partial charge on any atom is 0.412 e. The van der Waals surface area contributed by atoms with Gasteiger partial charge in [0.2, 0.25) is 5.88 Å². The normalized spacial score (nSPS) is 17.6. The molecule has 0 aliphatic carbocycles. The second-order valence-electron chi connectivity index (χ2n) is 13.9. The van der Waals surface area contributed by atoms with E-state index in [0.717, 1.165) is 35.5 Å². The Labute approximate surface area is 281 Å². The molecule has 2 aliphatic rings. The molecule has 0 saturated carbocycles. The van der Waals surface area contributed by atoms with E-state index in [1.807, 2.05) is 0 Å². The first kappa shape index (κ1) is 34.8. The van der Waals surface area contributed by atoms with Crippen LogP contribution in [0, 0.1) is 17.6 Å². The van der Waals surface area contributed by atoms with E-state index in [9.17, 15) is 23.2 Å². The van der Waals surface area contributed by atoms with Gasteiger partial charge >= 0.3 is 12.2 Å². The largest absolute Gasteiger partial charge is 0.477 e. The molecule has 12 nitrogen and oxygen atoms in total.